The number of likely N-dealkylation sites (tertiary alicyclic amines) is 1. The molecule has 2 aliphatic rings. The number of hydrogen-bond acceptors (Lipinski definition) is 7. The first kappa shape index (κ1) is 23.4. The molecule has 37 heavy (non-hydrogen) atoms. The molecular weight excluding hydrogens is 477 g/mol. The molecule has 0 spiro atoms. The molecule has 0 saturated carbocycles. The van der Waals surface area contributed by atoms with Crippen molar-refractivity contribution in [1.29, 1.82) is 0 Å². The van der Waals surface area contributed by atoms with Crippen LogP contribution >= 0.6 is 0 Å². The Morgan fingerprint density at radius 2 is 1.89 bits per heavy atom. The second-order valence-corrected chi connectivity index (χ2v) is 9.35. The summed E-state index contributed by atoms with van der Waals surface area (Å²) in [4.78, 5) is 28.2. The highest BCUT2D eigenvalue weighted by Crippen LogP contribution is 2.32. The van der Waals surface area contributed by atoms with E-state index in [0.29, 0.717) is 42.9 Å². The van der Waals surface area contributed by atoms with Crippen LogP contribution in [0, 0.1) is 5.82 Å². The van der Waals surface area contributed by atoms with Crippen molar-refractivity contribution < 1.29 is 18.3 Å². The lowest BCUT2D eigenvalue weighted by Gasteiger charge is -2.34. The molecule has 1 aromatic carbocycles. The first-order chi connectivity index (χ1) is 18.1. The molecule has 0 radical (unpaired) electrons. The Bertz CT molecular complexity index is 1370. The Kier molecular flexibility index (Phi) is 6.44. The molecule has 5 heterocycles. The molecule has 2 aliphatic heterocycles. The van der Waals surface area contributed by atoms with E-state index in [-0.39, 0.29) is 24.1 Å². The van der Waals surface area contributed by atoms with Crippen molar-refractivity contribution in [1.82, 2.24) is 29.6 Å². The number of anilines is 1. The number of benzene rings is 1. The molecule has 0 bridgehead atoms. The van der Waals surface area contributed by atoms with Gasteiger partial charge in [0.2, 0.25) is 5.95 Å². The first-order valence-electron chi connectivity index (χ1n) is 12.6. The van der Waals surface area contributed by atoms with Crippen molar-refractivity contribution in [2.24, 2.45) is 0 Å². The van der Waals surface area contributed by atoms with Gasteiger partial charge in [0.1, 0.15) is 29.7 Å². The van der Waals surface area contributed by atoms with E-state index in [4.69, 9.17) is 14.1 Å². The van der Waals surface area contributed by atoms with Crippen molar-refractivity contribution in [3.63, 3.8) is 0 Å². The number of carbonyl (C=O) groups is 1. The minimum Gasteiger partial charge on any atom is -0.432 e. The molecule has 3 aromatic heterocycles. The third-order valence-corrected chi connectivity index (χ3v) is 6.86. The minimum atomic E-state index is -0.312. The smallest absolute Gasteiger partial charge is 0.319 e. The average Bonchev–Trinajstić information content (AvgIpc) is 3.52. The number of amides is 2. The number of halogens is 1. The molecule has 2 saturated heterocycles. The zero-order valence-electron chi connectivity index (χ0n) is 20.3. The summed E-state index contributed by atoms with van der Waals surface area (Å²) in [6.07, 6.45) is 9.41. The molecular formula is C26H28FN7O3. The highest BCUT2D eigenvalue weighted by atomic mass is 19.1. The molecule has 2 amide bonds. The van der Waals surface area contributed by atoms with E-state index in [1.165, 1.54) is 12.1 Å². The van der Waals surface area contributed by atoms with E-state index in [9.17, 15) is 9.18 Å². The van der Waals surface area contributed by atoms with Gasteiger partial charge in [0, 0.05) is 43.7 Å². The van der Waals surface area contributed by atoms with Crippen molar-refractivity contribution in [3.05, 3.63) is 54.8 Å². The number of nitrogens with zero attached hydrogens (tertiary/aromatic N) is 5. The standard InChI is InChI=1S/C26H28FN7O3/c27-18-6-4-17(5-7-18)22-23(34-14-16-37-26(34)32-22)20-8-11-28-24(30-20)29-19-9-12-33(13-10-19)25(35)31-21-3-1-2-15-36-21/h4-8,11,14,16,19,21H,1-3,9-10,12-13,15H2,(H,31,35)(H,28,29,30). The zero-order valence-corrected chi connectivity index (χ0v) is 20.3. The van der Waals surface area contributed by atoms with Gasteiger partial charge in [0.05, 0.1) is 5.69 Å². The molecule has 4 aromatic rings. The maximum Gasteiger partial charge on any atom is 0.319 e. The van der Waals surface area contributed by atoms with Crippen molar-refractivity contribution >= 4 is 17.8 Å². The highest BCUT2D eigenvalue weighted by molar-refractivity contribution is 5.79. The predicted octanol–water partition coefficient (Wildman–Crippen LogP) is 4.30. The molecule has 2 N–H and O–H groups in total. The second kappa shape index (κ2) is 10.2. The fourth-order valence-corrected chi connectivity index (χ4v) is 4.89. The fraction of sp³-hybridized carbons (Fsp3) is 0.385. The van der Waals surface area contributed by atoms with E-state index < -0.39 is 0 Å². The van der Waals surface area contributed by atoms with Crippen LogP contribution in [0.1, 0.15) is 32.1 Å². The van der Waals surface area contributed by atoms with E-state index in [1.54, 1.807) is 30.8 Å². The summed E-state index contributed by atoms with van der Waals surface area (Å²) in [5, 5.41) is 6.42. The van der Waals surface area contributed by atoms with Crippen molar-refractivity contribution in [3.8, 4) is 22.6 Å². The Balaban J connectivity index is 1.15. The third kappa shape index (κ3) is 4.99. The summed E-state index contributed by atoms with van der Waals surface area (Å²) in [6.45, 7) is 1.98. The van der Waals surface area contributed by atoms with Crippen molar-refractivity contribution in [2.75, 3.05) is 25.0 Å². The van der Waals surface area contributed by atoms with Gasteiger partial charge in [-0.25, -0.2) is 19.2 Å². The van der Waals surface area contributed by atoms with Gasteiger partial charge in [-0.3, -0.25) is 4.40 Å². The van der Waals surface area contributed by atoms with Gasteiger partial charge in [0.15, 0.2) is 0 Å². The van der Waals surface area contributed by atoms with E-state index in [0.717, 1.165) is 43.4 Å². The van der Waals surface area contributed by atoms with Crippen LogP contribution in [-0.2, 0) is 4.74 Å². The largest absolute Gasteiger partial charge is 0.432 e. The summed E-state index contributed by atoms with van der Waals surface area (Å²) < 4.78 is 26.5. The molecule has 6 rings (SSSR count). The zero-order chi connectivity index (χ0) is 25.2. The number of nitrogens with one attached hydrogen (secondary N) is 2. The number of aromatic nitrogens is 4. The fourth-order valence-electron chi connectivity index (χ4n) is 4.89. The molecule has 0 aliphatic carbocycles. The van der Waals surface area contributed by atoms with Crippen LogP contribution in [-0.4, -0.2) is 62.2 Å². The number of urea groups is 1. The second-order valence-electron chi connectivity index (χ2n) is 9.35. The van der Waals surface area contributed by atoms with Gasteiger partial charge in [0.25, 0.3) is 0 Å². The predicted molar refractivity (Wildman–Crippen MR) is 134 cm³/mol. The summed E-state index contributed by atoms with van der Waals surface area (Å²) in [7, 11) is 0. The lowest BCUT2D eigenvalue weighted by Crippen LogP contribution is -2.50. The number of fused-ring (bicyclic) bond motifs is 1. The van der Waals surface area contributed by atoms with Gasteiger partial charge in [-0.05, 0) is 62.4 Å². The summed E-state index contributed by atoms with van der Waals surface area (Å²) in [5.41, 5.74) is 2.80. The Morgan fingerprint density at radius 1 is 1.05 bits per heavy atom. The van der Waals surface area contributed by atoms with Crippen LogP contribution in [0.3, 0.4) is 0 Å². The Labute approximate surface area is 212 Å². The molecule has 2 fully saturated rings. The molecule has 1 unspecified atom stereocenters. The van der Waals surface area contributed by atoms with Gasteiger partial charge >= 0.3 is 11.9 Å². The normalized spacial score (nSPS) is 18.7. The lowest BCUT2D eigenvalue weighted by molar-refractivity contribution is -0.00111. The number of piperidine rings is 1. The Hall–Kier alpha value is -3.99. The number of rotatable bonds is 5. The number of hydrogen-bond donors (Lipinski definition) is 2. The first-order valence-corrected chi connectivity index (χ1v) is 12.6. The van der Waals surface area contributed by atoms with Crippen LogP contribution in [0.2, 0.25) is 0 Å². The van der Waals surface area contributed by atoms with Crippen LogP contribution in [0.4, 0.5) is 15.1 Å². The van der Waals surface area contributed by atoms with E-state index >= 15 is 0 Å². The topological polar surface area (TPSA) is 110 Å². The molecule has 192 valence electrons. The van der Waals surface area contributed by atoms with E-state index in [1.807, 2.05) is 15.4 Å². The van der Waals surface area contributed by atoms with Gasteiger partial charge < -0.3 is 24.7 Å². The summed E-state index contributed by atoms with van der Waals surface area (Å²) >= 11 is 0. The highest BCUT2D eigenvalue weighted by Gasteiger charge is 2.26. The molecule has 11 heteroatoms. The quantitative estimate of drug-likeness (QED) is 0.416. The summed E-state index contributed by atoms with van der Waals surface area (Å²) in [5.74, 6) is 0.610. The van der Waals surface area contributed by atoms with Gasteiger partial charge in [-0.15, -0.1) is 0 Å². The van der Waals surface area contributed by atoms with Crippen molar-refractivity contribution in [2.45, 2.75) is 44.4 Å². The number of imidazole rings is 1. The SMILES string of the molecule is O=C(NC1CCCCO1)N1CCC(Nc2nccc(-c3c(-c4ccc(F)cc4)nc4occn34)n2)CC1. The maximum absolute atomic E-state index is 13.5. The van der Waals surface area contributed by atoms with Gasteiger partial charge in [-0.2, -0.15) is 4.98 Å². The number of ether oxygens (including phenoxy) is 1. The monoisotopic (exact) mass is 505 g/mol. The van der Waals surface area contributed by atoms with Crippen LogP contribution in [0.25, 0.3) is 28.5 Å². The number of carbonyl (C=O) groups excluding carboxylic acids is 1. The van der Waals surface area contributed by atoms with Gasteiger partial charge in [-0.1, -0.05) is 0 Å². The average molecular weight is 506 g/mol. The maximum atomic E-state index is 13.5. The molecule has 10 nitrogen and oxygen atoms in total. The van der Waals surface area contributed by atoms with Crippen LogP contribution in [0.5, 0.6) is 0 Å². The van der Waals surface area contributed by atoms with E-state index in [2.05, 4.69) is 20.6 Å². The van der Waals surface area contributed by atoms with Crippen LogP contribution in [0.15, 0.2) is 53.4 Å². The summed E-state index contributed by atoms with van der Waals surface area (Å²) in [6, 6.07) is 8.07. The third-order valence-electron chi connectivity index (χ3n) is 6.86. The van der Waals surface area contributed by atoms with Crippen LogP contribution < -0.4 is 10.6 Å². The Morgan fingerprint density at radius 3 is 2.68 bits per heavy atom. The lowest BCUT2D eigenvalue weighted by atomic mass is 10.1. The number of oxazole rings is 1. The minimum absolute atomic E-state index is 0.0678. The molecule has 1 atom stereocenters.